The van der Waals surface area contributed by atoms with Crippen molar-refractivity contribution in [2.45, 2.75) is 53.1 Å². The third-order valence-corrected chi connectivity index (χ3v) is 4.83. The average molecular weight is 309 g/mol. The summed E-state index contributed by atoms with van der Waals surface area (Å²) in [6.45, 7) is 12.3. The molecule has 0 aliphatic carbocycles. The van der Waals surface area contributed by atoms with E-state index in [1.165, 1.54) is 24.1 Å². The average Bonchev–Trinajstić information content (AvgIpc) is 2.43. The van der Waals surface area contributed by atoms with Crippen LogP contribution in [-0.2, 0) is 6.54 Å². The molecule has 0 aromatic heterocycles. The van der Waals surface area contributed by atoms with Crippen molar-refractivity contribution >= 4 is 17.3 Å². The number of halogens is 1. The van der Waals surface area contributed by atoms with Crippen molar-refractivity contribution in [3.8, 4) is 0 Å². The zero-order valence-electron chi connectivity index (χ0n) is 13.8. The second-order valence-corrected chi connectivity index (χ2v) is 7.29. The molecule has 2 unspecified atom stereocenters. The third-order valence-electron chi connectivity index (χ3n) is 4.60. The van der Waals surface area contributed by atoms with Crippen LogP contribution in [0, 0.1) is 11.8 Å². The SMILES string of the molecule is CC(C)CNCc1ccc(Cl)cc1N1CCCC(C)C1C. The zero-order valence-corrected chi connectivity index (χ0v) is 14.6. The Morgan fingerprint density at radius 3 is 2.81 bits per heavy atom. The van der Waals surface area contributed by atoms with Crippen molar-refractivity contribution in [2.75, 3.05) is 18.0 Å². The summed E-state index contributed by atoms with van der Waals surface area (Å²) in [5, 5.41) is 4.39. The Hall–Kier alpha value is -0.730. The minimum absolute atomic E-state index is 0.584. The maximum Gasteiger partial charge on any atom is 0.0429 e. The van der Waals surface area contributed by atoms with E-state index in [0.717, 1.165) is 30.6 Å². The molecule has 118 valence electrons. The summed E-state index contributed by atoms with van der Waals surface area (Å²) in [6.07, 6.45) is 2.61. The summed E-state index contributed by atoms with van der Waals surface area (Å²) in [4.78, 5) is 2.55. The molecule has 1 aliphatic rings. The van der Waals surface area contributed by atoms with Crippen LogP contribution in [0.1, 0.15) is 46.1 Å². The fourth-order valence-electron chi connectivity index (χ4n) is 3.12. The molecule has 0 radical (unpaired) electrons. The Balaban J connectivity index is 2.18. The first-order valence-electron chi connectivity index (χ1n) is 8.24. The first-order valence-corrected chi connectivity index (χ1v) is 8.62. The Morgan fingerprint density at radius 2 is 2.10 bits per heavy atom. The second-order valence-electron chi connectivity index (χ2n) is 6.85. The van der Waals surface area contributed by atoms with Crippen LogP contribution < -0.4 is 10.2 Å². The molecule has 1 aromatic rings. The summed E-state index contributed by atoms with van der Waals surface area (Å²) in [5.41, 5.74) is 2.68. The number of piperidine rings is 1. The molecule has 2 atom stereocenters. The number of rotatable bonds is 5. The first-order chi connectivity index (χ1) is 9.99. The van der Waals surface area contributed by atoms with Crippen molar-refractivity contribution in [2.24, 2.45) is 11.8 Å². The summed E-state index contributed by atoms with van der Waals surface area (Å²) in [5.74, 6) is 1.42. The highest BCUT2D eigenvalue weighted by Gasteiger charge is 2.26. The number of hydrogen-bond acceptors (Lipinski definition) is 2. The van der Waals surface area contributed by atoms with Crippen LogP contribution in [0.5, 0.6) is 0 Å². The normalized spacial score (nSPS) is 22.9. The molecule has 3 heteroatoms. The molecule has 2 rings (SSSR count). The van der Waals surface area contributed by atoms with Crippen molar-refractivity contribution in [1.82, 2.24) is 5.32 Å². The van der Waals surface area contributed by atoms with Crippen LogP contribution in [0.2, 0.25) is 5.02 Å². The largest absolute Gasteiger partial charge is 0.368 e. The smallest absolute Gasteiger partial charge is 0.0429 e. The maximum absolute atomic E-state index is 6.26. The summed E-state index contributed by atoms with van der Waals surface area (Å²) >= 11 is 6.26. The fraction of sp³-hybridized carbons (Fsp3) is 0.667. The van der Waals surface area contributed by atoms with Gasteiger partial charge in [-0.05, 0) is 55.8 Å². The highest BCUT2D eigenvalue weighted by Crippen LogP contribution is 2.32. The van der Waals surface area contributed by atoms with E-state index in [-0.39, 0.29) is 0 Å². The van der Waals surface area contributed by atoms with Crippen LogP contribution in [0.15, 0.2) is 18.2 Å². The lowest BCUT2D eigenvalue weighted by atomic mass is 9.91. The highest BCUT2D eigenvalue weighted by atomic mass is 35.5. The highest BCUT2D eigenvalue weighted by molar-refractivity contribution is 6.30. The number of nitrogens with one attached hydrogen (secondary N) is 1. The van der Waals surface area contributed by atoms with Gasteiger partial charge in [0, 0.05) is 29.8 Å². The first kappa shape index (κ1) is 16.6. The topological polar surface area (TPSA) is 15.3 Å². The van der Waals surface area contributed by atoms with Gasteiger partial charge < -0.3 is 10.2 Å². The van der Waals surface area contributed by atoms with Crippen LogP contribution in [0.25, 0.3) is 0 Å². The molecule has 0 saturated carbocycles. The van der Waals surface area contributed by atoms with Gasteiger partial charge in [0.25, 0.3) is 0 Å². The molecule has 1 fully saturated rings. The molecule has 0 amide bonds. The van der Waals surface area contributed by atoms with Gasteiger partial charge in [-0.3, -0.25) is 0 Å². The van der Waals surface area contributed by atoms with E-state index in [4.69, 9.17) is 11.6 Å². The van der Waals surface area contributed by atoms with Gasteiger partial charge in [-0.1, -0.05) is 38.4 Å². The van der Waals surface area contributed by atoms with E-state index in [0.29, 0.717) is 12.0 Å². The Kier molecular flexibility index (Phi) is 5.95. The van der Waals surface area contributed by atoms with Gasteiger partial charge in [-0.15, -0.1) is 0 Å². The van der Waals surface area contributed by atoms with Gasteiger partial charge in [0.05, 0.1) is 0 Å². The third kappa shape index (κ3) is 4.37. The van der Waals surface area contributed by atoms with Crippen molar-refractivity contribution < 1.29 is 0 Å². The summed E-state index contributed by atoms with van der Waals surface area (Å²) in [7, 11) is 0. The molecular formula is C18H29ClN2. The van der Waals surface area contributed by atoms with Gasteiger partial charge in [0.15, 0.2) is 0 Å². The van der Waals surface area contributed by atoms with E-state index >= 15 is 0 Å². The lowest BCUT2D eigenvalue weighted by Gasteiger charge is -2.40. The number of anilines is 1. The molecule has 0 bridgehead atoms. The van der Waals surface area contributed by atoms with Gasteiger partial charge in [0.2, 0.25) is 0 Å². The predicted octanol–water partition coefficient (Wildman–Crippen LogP) is 4.71. The molecule has 2 nitrogen and oxygen atoms in total. The molecule has 1 heterocycles. The molecule has 1 aliphatic heterocycles. The lowest BCUT2D eigenvalue weighted by molar-refractivity contribution is 0.363. The van der Waals surface area contributed by atoms with E-state index in [1.54, 1.807) is 0 Å². The lowest BCUT2D eigenvalue weighted by Crippen LogP contribution is -2.43. The van der Waals surface area contributed by atoms with Crippen molar-refractivity contribution in [3.63, 3.8) is 0 Å². The quantitative estimate of drug-likeness (QED) is 0.847. The molecule has 1 N–H and O–H groups in total. The maximum atomic E-state index is 6.26. The standard InChI is InChI=1S/C18H29ClN2/c1-13(2)11-20-12-16-7-8-17(19)10-18(16)21-9-5-6-14(3)15(21)4/h7-8,10,13-15,20H,5-6,9,11-12H2,1-4H3. The fourth-order valence-corrected chi connectivity index (χ4v) is 3.29. The van der Waals surface area contributed by atoms with Gasteiger partial charge in [-0.2, -0.15) is 0 Å². The summed E-state index contributed by atoms with van der Waals surface area (Å²) in [6, 6.07) is 6.91. The minimum Gasteiger partial charge on any atom is -0.368 e. The molecule has 1 aromatic carbocycles. The molecule has 1 saturated heterocycles. The van der Waals surface area contributed by atoms with Crippen LogP contribution >= 0.6 is 11.6 Å². The number of hydrogen-bond donors (Lipinski definition) is 1. The zero-order chi connectivity index (χ0) is 15.4. The molecule has 21 heavy (non-hydrogen) atoms. The number of benzene rings is 1. The Bertz CT molecular complexity index is 459. The minimum atomic E-state index is 0.584. The molecule has 0 spiro atoms. The van der Waals surface area contributed by atoms with Crippen molar-refractivity contribution in [1.29, 1.82) is 0 Å². The van der Waals surface area contributed by atoms with E-state index in [2.05, 4.69) is 50.0 Å². The summed E-state index contributed by atoms with van der Waals surface area (Å²) < 4.78 is 0. The van der Waals surface area contributed by atoms with Crippen LogP contribution in [0.4, 0.5) is 5.69 Å². The second kappa shape index (κ2) is 7.51. The predicted molar refractivity (Wildman–Crippen MR) is 93.2 cm³/mol. The van der Waals surface area contributed by atoms with Gasteiger partial charge in [-0.25, -0.2) is 0 Å². The Labute approximate surface area is 134 Å². The van der Waals surface area contributed by atoms with Crippen LogP contribution in [0.3, 0.4) is 0 Å². The number of nitrogens with zero attached hydrogens (tertiary/aromatic N) is 1. The van der Waals surface area contributed by atoms with Crippen molar-refractivity contribution in [3.05, 3.63) is 28.8 Å². The molecular weight excluding hydrogens is 280 g/mol. The van der Waals surface area contributed by atoms with Gasteiger partial charge in [0.1, 0.15) is 0 Å². The van der Waals surface area contributed by atoms with Gasteiger partial charge >= 0.3 is 0 Å². The Morgan fingerprint density at radius 1 is 1.33 bits per heavy atom. The van der Waals surface area contributed by atoms with E-state index in [1.807, 2.05) is 6.07 Å². The van der Waals surface area contributed by atoms with E-state index in [9.17, 15) is 0 Å². The van der Waals surface area contributed by atoms with E-state index < -0.39 is 0 Å². The van der Waals surface area contributed by atoms with Crippen LogP contribution in [-0.4, -0.2) is 19.1 Å². The monoisotopic (exact) mass is 308 g/mol.